The summed E-state index contributed by atoms with van der Waals surface area (Å²) in [5, 5.41) is 7.60. The summed E-state index contributed by atoms with van der Waals surface area (Å²) in [6, 6.07) is 6.33. The van der Waals surface area contributed by atoms with Gasteiger partial charge < -0.3 is 10.6 Å². The number of thiocarbonyl (C=S) groups is 1. The molecule has 0 heterocycles. The second-order valence-corrected chi connectivity index (χ2v) is 7.19. The van der Waals surface area contributed by atoms with Gasteiger partial charge in [-0.05, 0) is 55.4 Å². The number of benzene rings is 1. The molecule has 1 fully saturated rings. The van der Waals surface area contributed by atoms with E-state index in [0.29, 0.717) is 10.8 Å². The van der Waals surface area contributed by atoms with Crippen molar-refractivity contribution >= 4 is 34.8 Å². The van der Waals surface area contributed by atoms with Crippen LogP contribution >= 0.6 is 24.0 Å². The number of thioether (sulfide) groups is 1. The van der Waals surface area contributed by atoms with E-state index >= 15 is 0 Å². The summed E-state index contributed by atoms with van der Waals surface area (Å²) in [5.74, 6) is 0.923. The van der Waals surface area contributed by atoms with Crippen LogP contribution in [-0.2, 0) is 0 Å². The Bertz CT molecular complexity index is 448. The van der Waals surface area contributed by atoms with Crippen LogP contribution in [0, 0.1) is 5.82 Å². The lowest BCUT2D eigenvalue weighted by Crippen LogP contribution is -2.29. The minimum Gasteiger partial charge on any atom is -0.362 e. The summed E-state index contributed by atoms with van der Waals surface area (Å²) < 4.78 is 13.0. The number of hydrogen-bond donors (Lipinski definition) is 2. The van der Waals surface area contributed by atoms with Gasteiger partial charge in [0.05, 0.1) is 0 Å². The molecule has 21 heavy (non-hydrogen) atoms. The fourth-order valence-electron chi connectivity index (χ4n) is 2.50. The predicted molar refractivity (Wildman–Crippen MR) is 94.6 cm³/mol. The molecule has 116 valence electrons. The van der Waals surface area contributed by atoms with Gasteiger partial charge in [0.1, 0.15) is 5.82 Å². The van der Waals surface area contributed by atoms with E-state index in [1.54, 1.807) is 12.1 Å². The Labute approximate surface area is 136 Å². The molecule has 0 atom stereocenters. The molecule has 2 nitrogen and oxygen atoms in total. The fraction of sp³-hybridized carbons (Fsp3) is 0.562. The zero-order valence-electron chi connectivity index (χ0n) is 12.2. The first-order valence-electron chi connectivity index (χ1n) is 7.66. The molecule has 0 radical (unpaired) electrons. The van der Waals surface area contributed by atoms with Crippen molar-refractivity contribution in [3.05, 3.63) is 30.1 Å². The maximum absolute atomic E-state index is 13.0. The number of anilines is 1. The molecule has 1 aliphatic carbocycles. The molecule has 2 rings (SSSR count). The Kier molecular flexibility index (Phi) is 7.30. The van der Waals surface area contributed by atoms with Crippen LogP contribution in [0.25, 0.3) is 0 Å². The van der Waals surface area contributed by atoms with Crippen molar-refractivity contribution in [3.8, 4) is 0 Å². The zero-order valence-corrected chi connectivity index (χ0v) is 13.9. The van der Waals surface area contributed by atoms with Crippen molar-refractivity contribution in [2.75, 3.05) is 17.6 Å². The van der Waals surface area contributed by atoms with Gasteiger partial charge in [0.2, 0.25) is 0 Å². The molecule has 1 aromatic rings. The summed E-state index contributed by atoms with van der Waals surface area (Å²) in [6.07, 6.45) is 8.09. The maximum Gasteiger partial charge on any atom is 0.170 e. The van der Waals surface area contributed by atoms with E-state index in [-0.39, 0.29) is 5.82 Å². The molecule has 0 aliphatic heterocycles. The van der Waals surface area contributed by atoms with Crippen LogP contribution in [0.5, 0.6) is 0 Å². The van der Waals surface area contributed by atoms with Gasteiger partial charge in [-0.1, -0.05) is 25.3 Å². The van der Waals surface area contributed by atoms with Crippen molar-refractivity contribution in [1.82, 2.24) is 5.32 Å². The lowest BCUT2D eigenvalue weighted by molar-refractivity contribution is 0.516. The van der Waals surface area contributed by atoms with E-state index < -0.39 is 0 Å². The molecular weight excluding hydrogens is 303 g/mol. The summed E-state index contributed by atoms with van der Waals surface area (Å²) in [7, 11) is 0. The molecular formula is C16H23FN2S2. The van der Waals surface area contributed by atoms with Gasteiger partial charge >= 0.3 is 0 Å². The Morgan fingerprint density at radius 3 is 2.86 bits per heavy atom. The lowest BCUT2D eigenvalue weighted by atomic mass is 10.0. The zero-order chi connectivity index (χ0) is 14.9. The van der Waals surface area contributed by atoms with E-state index in [0.717, 1.165) is 18.2 Å². The van der Waals surface area contributed by atoms with Crippen LogP contribution in [-0.4, -0.2) is 22.7 Å². The van der Waals surface area contributed by atoms with Crippen molar-refractivity contribution in [2.45, 2.75) is 43.8 Å². The second-order valence-electron chi connectivity index (χ2n) is 5.38. The third-order valence-electron chi connectivity index (χ3n) is 3.59. The average Bonchev–Trinajstić information content (AvgIpc) is 2.48. The number of hydrogen-bond acceptors (Lipinski definition) is 2. The lowest BCUT2D eigenvalue weighted by Gasteiger charge is -2.20. The van der Waals surface area contributed by atoms with Crippen molar-refractivity contribution in [3.63, 3.8) is 0 Å². The van der Waals surface area contributed by atoms with Gasteiger partial charge in [-0.3, -0.25) is 0 Å². The van der Waals surface area contributed by atoms with Gasteiger partial charge in [0, 0.05) is 17.5 Å². The predicted octanol–water partition coefficient (Wildman–Crippen LogP) is 4.57. The van der Waals surface area contributed by atoms with Crippen molar-refractivity contribution < 1.29 is 4.39 Å². The van der Waals surface area contributed by atoms with Crippen LogP contribution in [0.15, 0.2) is 24.3 Å². The molecule has 0 unspecified atom stereocenters. The highest BCUT2D eigenvalue weighted by Gasteiger charge is 2.12. The fourth-order valence-corrected chi connectivity index (χ4v) is 4.03. The minimum atomic E-state index is -0.258. The van der Waals surface area contributed by atoms with Crippen LogP contribution in [0.2, 0.25) is 0 Å². The standard InChI is InChI=1S/C16H23FN2S2/c17-13-6-4-7-14(12-13)19-16(20)18-10-5-11-21-15-8-2-1-3-9-15/h4,6-7,12,15H,1-3,5,8-11H2,(H2,18,19,20). The van der Waals surface area contributed by atoms with E-state index in [1.807, 2.05) is 0 Å². The summed E-state index contributed by atoms with van der Waals surface area (Å²) in [5.41, 5.74) is 0.684. The molecule has 1 saturated carbocycles. The molecule has 1 aliphatic rings. The van der Waals surface area contributed by atoms with Gasteiger partial charge in [-0.15, -0.1) is 0 Å². The third-order valence-corrected chi connectivity index (χ3v) is 5.31. The average molecular weight is 327 g/mol. The van der Waals surface area contributed by atoms with Crippen LogP contribution < -0.4 is 10.6 Å². The summed E-state index contributed by atoms with van der Waals surface area (Å²) >= 11 is 7.30. The number of halogens is 1. The molecule has 2 N–H and O–H groups in total. The molecule has 1 aromatic carbocycles. The molecule has 0 bridgehead atoms. The molecule has 0 amide bonds. The van der Waals surface area contributed by atoms with E-state index in [4.69, 9.17) is 12.2 Å². The number of nitrogens with one attached hydrogen (secondary N) is 2. The van der Waals surface area contributed by atoms with Gasteiger partial charge in [0.15, 0.2) is 5.11 Å². The van der Waals surface area contributed by atoms with Gasteiger partial charge in [-0.2, -0.15) is 11.8 Å². The largest absolute Gasteiger partial charge is 0.362 e. The highest BCUT2D eigenvalue weighted by Crippen LogP contribution is 2.28. The van der Waals surface area contributed by atoms with Crippen LogP contribution in [0.1, 0.15) is 38.5 Å². The second kappa shape index (κ2) is 9.26. The van der Waals surface area contributed by atoms with Gasteiger partial charge in [0.25, 0.3) is 0 Å². The first-order valence-corrected chi connectivity index (χ1v) is 9.12. The molecule has 0 spiro atoms. The SMILES string of the molecule is Fc1cccc(NC(=S)NCCCSC2CCCCC2)c1. The molecule has 0 aromatic heterocycles. The van der Waals surface area contributed by atoms with E-state index in [1.165, 1.54) is 50.0 Å². The van der Waals surface area contributed by atoms with Crippen molar-refractivity contribution in [2.24, 2.45) is 0 Å². The highest BCUT2D eigenvalue weighted by molar-refractivity contribution is 7.99. The monoisotopic (exact) mass is 326 g/mol. The highest BCUT2D eigenvalue weighted by atomic mass is 32.2. The Morgan fingerprint density at radius 1 is 1.29 bits per heavy atom. The topological polar surface area (TPSA) is 24.1 Å². The summed E-state index contributed by atoms with van der Waals surface area (Å²) in [6.45, 7) is 0.862. The number of rotatable bonds is 6. The van der Waals surface area contributed by atoms with Crippen LogP contribution in [0.3, 0.4) is 0 Å². The third kappa shape index (κ3) is 6.66. The Hall–Kier alpha value is -0.810. The van der Waals surface area contributed by atoms with Crippen LogP contribution in [0.4, 0.5) is 10.1 Å². The molecule has 5 heteroatoms. The first-order chi connectivity index (χ1) is 10.2. The normalized spacial score (nSPS) is 15.7. The Balaban J connectivity index is 1.54. The van der Waals surface area contributed by atoms with Gasteiger partial charge in [-0.25, -0.2) is 4.39 Å². The van der Waals surface area contributed by atoms with E-state index in [9.17, 15) is 4.39 Å². The minimum absolute atomic E-state index is 0.258. The maximum atomic E-state index is 13.0. The smallest absolute Gasteiger partial charge is 0.170 e. The molecule has 0 saturated heterocycles. The van der Waals surface area contributed by atoms with Crippen molar-refractivity contribution in [1.29, 1.82) is 0 Å². The Morgan fingerprint density at radius 2 is 2.10 bits per heavy atom. The summed E-state index contributed by atoms with van der Waals surface area (Å²) in [4.78, 5) is 0. The quantitative estimate of drug-likeness (QED) is 0.591. The first kappa shape index (κ1) is 16.6. The van der Waals surface area contributed by atoms with E-state index in [2.05, 4.69) is 22.4 Å².